The monoisotopic (exact) mass is 496 g/mol. The zero-order valence-corrected chi connectivity index (χ0v) is 21.8. The van der Waals surface area contributed by atoms with Crippen molar-refractivity contribution < 1.29 is 9.53 Å². The Morgan fingerprint density at radius 1 is 1.17 bits per heavy atom. The van der Waals surface area contributed by atoms with E-state index in [0.29, 0.717) is 35.5 Å². The number of amidine groups is 1. The van der Waals surface area contributed by atoms with Gasteiger partial charge in [-0.25, -0.2) is 0 Å². The summed E-state index contributed by atoms with van der Waals surface area (Å²) < 4.78 is 5.91. The van der Waals surface area contributed by atoms with Crippen molar-refractivity contribution in [3.63, 3.8) is 0 Å². The van der Waals surface area contributed by atoms with Crippen molar-refractivity contribution in [2.24, 2.45) is 11.0 Å². The summed E-state index contributed by atoms with van der Waals surface area (Å²) in [6.07, 6.45) is 7.40. The Kier molecular flexibility index (Phi) is 10.6. The highest BCUT2D eigenvalue weighted by atomic mass is 35.5. The quantitative estimate of drug-likeness (QED) is 0.249. The zero-order chi connectivity index (χ0) is 25.0. The lowest BCUT2D eigenvalue weighted by Crippen LogP contribution is -2.31. The van der Waals surface area contributed by atoms with Gasteiger partial charge in [-0.05, 0) is 80.7 Å². The first-order valence-corrected chi connectivity index (χ1v) is 12.8. The van der Waals surface area contributed by atoms with Crippen molar-refractivity contribution in [3.8, 4) is 5.75 Å². The molecule has 1 amide bonds. The number of piperidine rings is 1. The molecule has 2 N–H and O–H groups in total. The number of carbonyl (C=O) groups excluding carboxylic acids is 1. The Bertz CT molecular complexity index is 1030. The molecular formula is C28H37ClN4O2. The number of hydrogen-bond donors (Lipinski definition) is 2. The molecule has 0 atom stereocenters. The molecule has 2 aromatic rings. The molecule has 0 radical (unpaired) electrons. The third-order valence-electron chi connectivity index (χ3n) is 5.67. The second-order valence-corrected chi connectivity index (χ2v) is 9.72. The number of hydrazone groups is 1. The summed E-state index contributed by atoms with van der Waals surface area (Å²) in [6.45, 7) is 10.2. The van der Waals surface area contributed by atoms with Crippen molar-refractivity contribution in [2.45, 2.75) is 53.1 Å². The molecule has 1 aliphatic heterocycles. The third-order valence-corrected chi connectivity index (χ3v) is 5.91. The van der Waals surface area contributed by atoms with Gasteiger partial charge in [0.2, 0.25) is 0 Å². The van der Waals surface area contributed by atoms with E-state index in [9.17, 15) is 4.79 Å². The number of likely N-dealkylation sites (tertiary alicyclic amines) is 1. The van der Waals surface area contributed by atoms with E-state index >= 15 is 0 Å². The van der Waals surface area contributed by atoms with Crippen LogP contribution in [0.25, 0.3) is 0 Å². The molecule has 1 fully saturated rings. The van der Waals surface area contributed by atoms with Gasteiger partial charge in [-0.1, -0.05) is 50.1 Å². The van der Waals surface area contributed by atoms with E-state index in [1.54, 1.807) is 6.08 Å². The van der Waals surface area contributed by atoms with Crippen LogP contribution >= 0.6 is 11.6 Å². The zero-order valence-electron chi connectivity index (χ0n) is 21.0. The molecular weight excluding hydrogens is 460 g/mol. The fourth-order valence-corrected chi connectivity index (χ4v) is 4.13. The molecule has 0 unspecified atom stereocenters. The third kappa shape index (κ3) is 9.04. The number of halogens is 1. The molecule has 2 aromatic carbocycles. The predicted octanol–water partition coefficient (Wildman–Crippen LogP) is 5.77. The van der Waals surface area contributed by atoms with E-state index in [1.807, 2.05) is 49.4 Å². The maximum absolute atomic E-state index is 13.0. The fraction of sp³-hybridized carbons (Fsp3) is 0.429. The van der Waals surface area contributed by atoms with Crippen molar-refractivity contribution in [1.29, 1.82) is 0 Å². The number of hydrogen-bond acceptors (Lipinski definition) is 5. The molecule has 0 bridgehead atoms. The molecule has 0 spiro atoms. The van der Waals surface area contributed by atoms with Gasteiger partial charge in [-0.2, -0.15) is 5.10 Å². The molecule has 0 saturated carbocycles. The lowest BCUT2D eigenvalue weighted by atomic mass is 10.1. The molecule has 1 saturated heterocycles. The lowest BCUT2D eigenvalue weighted by Gasteiger charge is -2.26. The van der Waals surface area contributed by atoms with Gasteiger partial charge in [0.15, 0.2) is 5.84 Å². The maximum atomic E-state index is 13.0. The van der Waals surface area contributed by atoms with Crippen LogP contribution in [0.5, 0.6) is 5.75 Å². The van der Waals surface area contributed by atoms with Crippen LogP contribution in [0.2, 0.25) is 5.02 Å². The van der Waals surface area contributed by atoms with Crippen LogP contribution in [0.1, 0.15) is 61.5 Å². The first-order valence-electron chi connectivity index (χ1n) is 12.4. The largest absolute Gasteiger partial charge is 0.493 e. The van der Waals surface area contributed by atoms with Gasteiger partial charge in [0, 0.05) is 22.7 Å². The van der Waals surface area contributed by atoms with Crippen molar-refractivity contribution in [1.82, 2.24) is 15.6 Å². The number of nitrogens with one attached hydrogen (secondary N) is 2. The second kappa shape index (κ2) is 13.9. The average Bonchev–Trinajstić information content (AvgIpc) is 2.84. The van der Waals surface area contributed by atoms with Crippen molar-refractivity contribution >= 4 is 23.3 Å². The van der Waals surface area contributed by atoms with Crippen LogP contribution in [-0.4, -0.2) is 36.3 Å². The number of rotatable bonds is 10. The first kappa shape index (κ1) is 26.8. The van der Waals surface area contributed by atoms with E-state index in [4.69, 9.17) is 16.3 Å². The SMILES string of the molecule is C/C=C/C(=N\NCc1cc(Cl)ccc1OCC(C)C)NC(=O)c1cccc(CN2CCCCC2)c1. The van der Waals surface area contributed by atoms with Crippen molar-refractivity contribution in [3.05, 3.63) is 76.3 Å². The van der Waals surface area contributed by atoms with Gasteiger partial charge < -0.3 is 15.5 Å². The van der Waals surface area contributed by atoms with Crippen LogP contribution in [-0.2, 0) is 13.1 Å². The molecule has 0 aliphatic carbocycles. The van der Waals surface area contributed by atoms with E-state index in [2.05, 4.69) is 40.7 Å². The highest BCUT2D eigenvalue weighted by Gasteiger charge is 2.13. The van der Waals surface area contributed by atoms with Gasteiger partial charge in [0.05, 0.1) is 13.2 Å². The van der Waals surface area contributed by atoms with E-state index in [0.717, 1.165) is 36.5 Å². The number of benzene rings is 2. The molecule has 1 aliphatic rings. The lowest BCUT2D eigenvalue weighted by molar-refractivity contribution is 0.0977. The Balaban J connectivity index is 1.63. The Morgan fingerprint density at radius 3 is 2.71 bits per heavy atom. The normalized spacial score (nSPS) is 14.9. The minimum absolute atomic E-state index is 0.187. The van der Waals surface area contributed by atoms with E-state index < -0.39 is 0 Å². The van der Waals surface area contributed by atoms with Gasteiger partial charge in [-0.15, -0.1) is 0 Å². The summed E-state index contributed by atoms with van der Waals surface area (Å²) in [5.41, 5.74) is 5.71. The molecule has 3 rings (SSSR count). The van der Waals surface area contributed by atoms with Crippen LogP contribution in [0, 0.1) is 5.92 Å². The number of amides is 1. The standard InChI is InChI=1S/C28H37ClN4O2/c1-4-9-27(32-30-18-24-17-25(29)12-13-26(24)35-20-21(2)3)31-28(34)23-11-8-10-22(16-23)19-33-14-6-5-7-15-33/h4,8-13,16-17,21,30H,5-7,14-15,18-20H2,1-3H3,(H,31,32,34)/b9-4+. The number of allylic oxidation sites excluding steroid dienone is 1. The molecule has 35 heavy (non-hydrogen) atoms. The van der Waals surface area contributed by atoms with E-state index in [-0.39, 0.29) is 5.91 Å². The Hall–Kier alpha value is -2.83. The summed E-state index contributed by atoms with van der Waals surface area (Å²) in [6, 6.07) is 13.4. The molecule has 1 heterocycles. The predicted molar refractivity (Wildman–Crippen MR) is 144 cm³/mol. The molecule has 6 nitrogen and oxygen atoms in total. The van der Waals surface area contributed by atoms with Gasteiger partial charge >= 0.3 is 0 Å². The number of ether oxygens (including phenoxy) is 1. The summed E-state index contributed by atoms with van der Waals surface area (Å²) in [5, 5.41) is 7.94. The first-order chi connectivity index (χ1) is 16.9. The summed E-state index contributed by atoms with van der Waals surface area (Å²) in [5.74, 6) is 1.44. The fourth-order valence-electron chi connectivity index (χ4n) is 3.93. The summed E-state index contributed by atoms with van der Waals surface area (Å²) in [7, 11) is 0. The van der Waals surface area contributed by atoms with Crippen LogP contribution in [0.4, 0.5) is 0 Å². The smallest absolute Gasteiger partial charge is 0.256 e. The highest BCUT2D eigenvalue weighted by Crippen LogP contribution is 2.23. The number of nitrogens with zero attached hydrogens (tertiary/aromatic N) is 2. The minimum atomic E-state index is -0.187. The highest BCUT2D eigenvalue weighted by molar-refractivity contribution is 6.30. The van der Waals surface area contributed by atoms with Gasteiger partial charge in [0.25, 0.3) is 5.91 Å². The minimum Gasteiger partial charge on any atom is -0.493 e. The Morgan fingerprint density at radius 2 is 1.97 bits per heavy atom. The Labute approximate surface area is 214 Å². The molecule has 188 valence electrons. The van der Waals surface area contributed by atoms with Gasteiger partial charge in [0.1, 0.15) is 5.75 Å². The average molecular weight is 497 g/mol. The molecule has 0 aromatic heterocycles. The second-order valence-electron chi connectivity index (χ2n) is 9.28. The topological polar surface area (TPSA) is 66.0 Å². The van der Waals surface area contributed by atoms with Crippen molar-refractivity contribution in [2.75, 3.05) is 19.7 Å². The van der Waals surface area contributed by atoms with Crippen LogP contribution < -0.4 is 15.5 Å². The number of carbonyl (C=O) groups is 1. The van der Waals surface area contributed by atoms with E-state index in [1.165, 1.54) is 19.3 Å². The maximum Gasteiger partial charge on any atom is 0.256 e. The summed E-state index contributed by atoms with van der Waals surface area (Å²) in [4.78, 5) is 15.4. The van der Waals surface area contributed by atoms with Crippen LogP contribution in [0.3, 0.4) is 0 Å². The van der Waals surface area contributed by atoms with Crippen LogP contribution in [0.15, 0.2) is 59.7 Å². The summed E-state index contributed by atoms with van der Waals surface area (Å²) >= 11 is 6.19. The van der Waals surface area contributed by atoms with Gasteiger partial charge in [-0.3, -0.25) is 9.69 Å². The molecule has 7 heteroatoms.